The van der Waals surface area contributed by atoms with Crippen molar-refractivity contribution in [3.05, 3.63) is 88.9 Å². The molecule has 11 nitrogen and oxygen atoms in total. The summed E-state index contributed by atoms with van der Waals surface area (Å²) >= 11 is 1.44. The SMILES string of the molecule is CC(C)(C)OC(=O)N1CCCC1CCOc1ccc(-c2ncc(CNC(=O)c3ccc4c(c3)NC(=O)c3ccccc3S4(=O)=O)s2)cc1. The molecule has 1 saturated heterocycles. The smallest absolute Gasteiger partial charge is 0.410 e. The number of fused-ring (bicyclic) bond motifs is 2. The van der Waals surface area contributed by atoms with Gasteiger partial charge in [0.2, 0.25) is 9.84 Å². The summed E-state index contributed by atoms with van der Waals surface area (Å²) in [5.74, 6) is -0.259. The summed E-state index contributed by atoms with van der Waals surface area (Å²) in [6, 6.07) is 17.9. The molecule has 3 aromatic carbocycles. The molecule has 1 aromatic heterocycles. The van der Waals surface area contributed by atoms with Crippen molar-refractivity contribution >= 4 is 44.8 Å². The summed E-state index contributed by atoms with van der Waals surface area (Å²) in [4.78, 5) is 45.3. The fraction of sp³-hybridized carbons (Fsp3) is 0.314. The monoisotopic (exact) mass is 688 g/mol. The third kappa shape index (κ3) is 7.21. The number of hydrogen-bond donors (Lipinski definition) is 2. The number of thiazole rings is 1. The Kier molecular flexibility index (Phi) is 9.26. The predicted octanol–water partition coefficient (Wildman–Crippen LogP) is 6.31. The highest BCUT2D eigenvalue weighted by molar-refractivity contribution is 7.91. The van der Waals surface area contributed by atoms with Gasteiger partial charge in [0.1, 0.15) is 16.4 Å². The second-order valence-electron chi connectivity index (χ2n) is 12.6. The number of rotatable bonds is 8. The van der Waals surface area contributed by atoms with Crippen LogP contribution < -0.4 is 15.4 Å². The topological polar surface area (TPSA) is 144 Å². The minimum Gasteiger partial charge on any atom is -0.494 e. The summed E-state index contributed by atoms with van der Waals surface area (Å²) < 4.78 is 38.0. The van der Waals surface area contributed by atoms with Gasteiger partial charge < -0.3 is 25.0 Å². The number of benzene rings is 3. The lowest BCUT2D eigenvalue weighted by molar-refractivity contribution is 0.0211. The normalized spacial score (nSPS) is 16.7. The molecule has 4 aromatic rings. The summed E-state index contributed by atoms with van der Waals surface area (Å²) in [5.41, 5.74) is 0.691. The van der Waals surface area contributed by atoms with Gasteiger partial charge in [-0.15, -0.1) is 11.3 Å². The first-order valence-corrected chi connectivity index (χ1v) is 17.9. The van der Waals surface area contributed by atoms with E-state index >= 15 is 0 Å². The maximum atomic E-state index is 13.2. The Bertz CT molecular complexity index is 1970. The molecule has 1 unspecified atom stereocenters. The van der Waals surface area contributed by atoms with Crippen LogP contribution in [0, 0.1) is 0 Å². The largest absolute Gasteiger partial charge is 0.494 e. The molecular formula is C35H36N4O7S2. The minimum absolute atomic E-state index is 0.0513. The van der Waals surface area contributed by atoms with Crippen LogP contribution in [0.4, 0.5) is 10.5 Å². The highest BCUT2D eigenvalue weighted by atomic mass is 32.2. The van der Waals surface area contributed by atoms with Crippen molar-refractivity contribution in [1.29, 1.82) is 0 Å². The van der Waals surface area contributed by atoms with Gasteiger partial charge in [-0.05, 0) is 88.2 Å². The number of nitrogens with zero attached hydrogens (tertiary/aromatic N) is 2. The zero-order valence-corrected chi connectivity index (χ0v) is 28.4. The maximum absolute atomic E-state index is 13.2. The third-order valence-corrected chi connectivity index (χ3v) is 10.9. The number of nitrogens with one attached hydrogen (secondary N) is 2. The molecule has 2 N–H and O–H groups in total. The first kappa shape index (κ1) is 33.2. The van der Waals surface area contributed by atoms with Crippen LogP contribution in [0.15, 0.2) is 82.7 Å². The number of likely N-dealkylation sites (tertiary alicyclic amines) is 1. The second kappa shape index (κ2) is 13.4. The fourth-order valence-corrected chi connectivity index (χ4v) is 8.14. The molecule has 48 heavy (non-hydrogen) atoms. The van der Waals surface area contributed by atoms with Crippen molar-refractivity contribution in [3.8, 4) is 16.3 Å². The van der Waals surface area contributed by atoms with Crippen molar-refractivity contribution in [2.24, 2.45) is 0 Å². The van der Waals surface area contributed by atoms with Gasteiger partial charge in [0.15, 0.2) is 0 Å². The van der Waals surface area contributed by atoms with E-state index in [4.69, 9.17) is 9.47 Å². The van der Waals surface area contributed by atoms with Crippen LogP contribution >= 0.6 is 11.3 Å². The quantitative estimate of drug-likeness (QED) is 0.219. The average molecular weight is 689 g/mol. The zero-order chi connectivity index (χ0) is 34.1. The number of ether oxygens (including phenoxy) is 2. The molecule has 3 heterocycles. The maximum Gasteiger partial charge on any atom is 0.410 e. The van der Waals surface area contributed by atoms with E-state index in [-0.39, 0.29) is 45.3 Å². The molecule has 2 aliphatic rings. The predicted molar refractivity (Wildman–Crippen MR) is 181 cm³/mol. The second-order valence-corrected chi connectivity index (χ2v) is 15.6. The standard InChI is InChI=1S/C35H36N4O7S2/c1-35(2,3)46-34(42)39-17-6-7-24(39)16-18-45-25-13-10-22(11-14-25)33-37-21-26(47-33)20-36-31(40)23-12-15-30-28(19-23)38-32(41)27-8-4-5-9-29(27)48(30,43)44/h4-5,8-15,19,21,24H,6-7,16-18,20H2,1-3H3,(H,36,40)(H,38,41). The highest BCUT2D eigenvalue weighted by Crippen LogP contribution is 2.34. The molecule has 0 spiro atoms. The van der Waals surface area contributed by atoms with Gasteiger partial charge in [-0.3, -0.25) is 9.59 Å². The Morgan fingerprint density at radius 3 is 2.60 bits per heavy atom. The Morgan fingerprint density at radius 2 is 1.83 bits per heavy atom. The van der Waals surface area contributed by atoms with Gasteiger partial charge in [-0.1, -0.05) is 12.1 Å². The van der Waals surface area contributed by atoms with Crippen LogP contribution in [0.1, 0.15) is 65.6 Å². The summed E-state index contributed by atoms with van der Waals surface area (Å²) in [6.45, 7) is 6.99. The number of carbonyl (C=O) groups excluding carboxylic acids is 3. The number of amides is 3. The van der Waals surface area contributed by atoms with Crippen molar-refractivity contribution in [3.63, 3.8) is 0 Å². The number of anilines is 1. The summed E-state index contributed by atoms with van der Waals surface area (Å²) in [6.07, 6.45) is 4.03. The van der Waals surface area contributed by atoms with E-state index in [0.717, 1.165) is 40.5 Å². The lowest BCUT2D eigenvalue weighted by Crippen LogP contribution is -2.40. The number of hydrogen-bond acceptors (Lipinski definition) is 9. The van der Waals surface area contributed by atoms with E-state index in [1.54, 1.807) is 23.2 Å². The van der Waals surface area contributed by atoms with Crippen molar-refractivity contribution in [2.75, 3.05) is 18.5 Å². The fourth-order valence-electron chi connectivity index (χ4n) is 5.70. The minimum atomic E-state index is -3.96. The molecule has 2 aliphatic heterocycles. The molecule has 250 valence electrons. The first-order chi connectivity index (χ1) is 22.9. The number of sulfone groups is 1. The van der Waals surface area contributed by atoms with E-state index in [0.29, 0.717) is 13.2 Å². The zero-order valence-electron chi connectivity index (χ0n) is 26.8. The molecule has 3 amide bonds. The van der Waals surface area contributed by atoms with E-state index in [1.165, 1.54) is 41.7 Å². The molecule has 0 radical (unpaired) electrons. The van der Waals surface area contributed by atoms with Crippen LogP contribution in [0.25, 0.3) is 10.6 Å². The molecule has 0 saturated carbocycles. The van der Waals surface area contributed by atoms with Gasteiger partial charge in [0.05, 0.1) is 34.2 Å². The Hall–Kier alpha value is -4.75. The molecule has 0 aliphatic carbocycles. The van der Waals surface area contributed by atoms with Gasteiger partial charge in [0, 0.05) is 41.2 Å². The Labute approximate surface area is 283 Å². The van der Waals surface area contributed by atoms with E-state index in [9.17, 15) is 22.8 Å². The van der Waals surface area contributed by atoms with Crippen LogP contribution in [0.2, 0.25) is 0 Å². The summed E-state index contributed by atoms with van der Waals surface area (Å²) in [5, 5.41) is 6.26. The first-order valence-electron chi connectivity index (χ1n) is 15.6. The lowest BCUT2D eigenvalue weighted by atomic mass is 10.1. The van der Waals surface area contributed by atoms with Crippen molar-refractivity contribution in [2.45, 2.75) is 68.0 Å². The van der Waals surface area contributed by atoms with E-state index < -0.39 is 27.3 Å². The summed E-state index contributed by atoms with van der Waals surface area (Å²) in [7, 11) is -3.96. The highest BCUT2D eigenvalue weighted by Gasteiger charge is 2.33. The van der Waals surface area contributed by atoms with Gasteiger partial charge in [-0.2, -0.15) is 0 Å². The lowest BCUT2D eigenvalue weighted by Gasteiger charge is -2.28. The van der Waals surface area contributed by atoms with Gasteiger partial charge >= 0.3 is 6.09 Å². The van der Waals surface area contributed by atoms with E-state index in [2.05, 4.69) is 15.6 Å². The van der Waals surface area contributed by atoms with Gasteiger partial charge in [0.25, 0.3) is 11.8 Å². The van der Waals surface area contributed by atoms with Crippen LogP contribution in [-0.4, -0.2) is 61.0 Å². The molecule has 0 bridgehead atoms. The van der Waals surface area contributed by atoms with Crippen LogP contribution in [0.3, 0.4) is 0 Å². The number of carbonyl (C=O) groups is 3. The van der Waals surface area contributed by atoms with Gasteiger partial charge in [-0.25, -0.2) is 18.2 Å². The molecular weight excluding hydrogens is 653 g/mol. The Morgan fingerprint density at radius 1 is 1.06 bits per heavy atom. The van der Waals surface area contributed by atoms with E-state index in [1.807, 2.05) is 45.0 Å². The number of aromatic nitrogens is 1. The molecule has 1 atom stereocenters. The van der Waals surface area contributed by atoms with Crippen LogP contribution in [-0.2, 0) is 21.1 Å². The average Bonchev–Trinajstić information content (AvgIpc) is 3.72. The van der Waals surface area contributed by atoms with Crippen LogP contribution in [0.5, 0.6) is 5.75 Å². The molecule has 1 fully saturated rings. The third-order valence-electron chi connectivity index (χ3n) is 8.00. The molecule has 13 heteroatoms. The van der Waals surface area contributed by atoms with Crippen molar-refractivity contribution < 1.29 is 32.3 Å². The Balaban J connectivity index is 1.02. The molecule has 6 rings (SSSR count). The van der Waals surface area contributed by atoms with Crippen molar-refractivity contribution in [1.82, 2.24) is 15.2 Å².